The maximum absolute atomic E-state index is 8.77. The number of hydrogen-bond donors (Lipinski definition) is 0. The van der Waals surface area contributed by atoms with Crippen LogP contribution in [0.25, 0.3) is 0 Å². The number of benzene rings is 1. The minimum absolute atomic E-state index is 0.0211. The average molecular weight is 293 g/mol. The van der Waals surface area contributed by atoms with Crippen molar-refractivity contribution in [1.82, 2.24) is 0 Å². The molecular weight excluding hydrogens is 285 g/mol. The van der Waals surface area contributed by atoms with E-state index in [0.29, 0.717) is 21.8 Å². The molecule has 0 aliphatic rings. The molecule has 0 amide bonds. The van der Waals surface area contributed by atoms with Gasteiger partial charge in [-0.2, -0.15) is 5.26 Å². The minimum atomic E-state index is -0.0211. The summed E-state index contributed by atoms with van der Waals surface area (Å²) >= 11 is 14.9. The normalized spacial score (nSPS) is 12.1. The number of nitriles is 1. The lowest BCUT2D eigenvalue weighted by atomic mass is 10.0. The van der Waals surface area contributed by atoms with E-state index >= 15 is 0 Å². The zero-order valence-electron chi connectivity index (χ0n) is 7.30. The topological polar surface area (TPSA) is 23.8 Å². The summed E-state index contributed by atoms with van der Waals surface area (Å²) in [5.41, 5.74) is 1.03. The lowest BCUT2D eigenvalue weighted by Crippen LogP contribution is -2.02. The summed E-state index contributed by atoms with van der Waals surface area (Å²) < 4.78 is 0. The number of hydrogen-bond acceptors (Lipinski definition) is 1. The quantitative estimate of drug-likeness (QED) is 0.771. The first-order valence-electron chi connectivity index (χ1n) is 4.07. The van der Waals surface area contributed by atoms with Crippen LogP contribution < -0.4 is 0 Å². The molecule has 1 atom stereocenters. The molecule has 14 heavy (non-hydrogen) atoms. The Morgan fingerprint density at radius 2 is 2.07 bits per heavy atom. The first-order valence-corrected chi connectivity index (χ1v) is 5.94. The van der Waals surface area contributed by atoms with Crippen molar-refractivity contribution in [1.29, 1.82) is 5.26 Å². The van der Waals surface area contributed by atoms with E-state index in [2.05, 4.69) is 22.0 Å². The highest BCUT2D eigenvalue weighted by molar-refractivity contribution is 9.09. The van der Waals surface area contributed by atoms with Gasteiger partial charge in [0, 0.05) is 5.33 Å². The van der Waals surface area contributed by atoms with Gasteiger partial charge in [-0.25, -0.2) is 0 Å². The Morgan fingerprint density at radius 1 is 1.36 bits per heavy atom. The van der Waals surface area contributed by atoms with Crippen molar-refractivity contribution in [3.05, 3.63) is 33.8 Å². The molecule has 1 rings (SSSR count). The van der Waals surface area contributed by atoms with Crippen LogP contribution in [0.5, 0.6) is 0 Å². The van der Waals surface area contributed by atoms with Crippen LogP contribution in [-0.4, -0.2) is 5.33 Å². The molecule has 0 saturated carbocycles. The van der Waals surface area contributed by atoms with E-state index in [1.807, 2.05) is 6.07 Å². The summed E-state index contributed by atoms with van der Waals surface area (Å²) in [4.78, 5) is 0. The van der Waals surface area contributed by atoms with Crippen LogP contribution in [0, 0.1) is 17.2 Å². The van der Waals surface area contributed by atoms with E-state index in [-0.39, 0.29) is 5.92 Å². The van der Waals surface area contributed by atoms with Crippen molar-refractivity contribution in [2.45, 2.75) is 6.42 Å². The molecule has 0 saturated heterocycles. The summed E-state index contributed by atoms with van der Waals surface area (Å²) in [7, 11) is 0. The zero-order valence-corrected chi connectivity index (χ0v) is 10.4. The van der Waals surface area contributed by atoms with E-state index in [4.69, 9.17) is 28.5 Å². The van der Waals surface area contributed by atoms with Crippen LogP contribution >= 0.6 is 39.1 Å². The van der Waals surface area contributed by atoms with Gasteiger partial charge in [0.2, 0.25) is 0 Å². The highest BCUT2D eigenvalue weighted by atomic mass is 79.9. The van der Waals surface area contributed by atoms with Gasteiger partial charge in [-0.15, -0.1) is 0 Å². The van der Waals surface area contributed by atoms with Crippen molar-refractivity contribution in [3.8, 4) is 6.07 Å². The predicted octanol–water partition coefficient (Wildman–Crippen LogP) is 4.07. The van der Waals surface area contributed by atoms with E-state index in [9.17, 15) is 0 Å². The molecular formula is C10H8BrCl2N. The molecule has 4 heteroatoms. The van der Waals surface area contributed by atoms with Gasteiger partial charge in [-0.1, -0.05) is 45.2 Å². The maximum Gasteiger partial charge on any atom is 0.0668 e. The fourth-order valence-corrected chi connectivity index (χ4v) is 1.78. The van der Waals surface area contributed by atoms with E-state index in [1.165, 1.54) is 0 Å². The van der Waals surface area contributed by atoms with Gasteiger partial charge in [-0.3, -0.25) is 0 Å². The molecule has 0 aliphatic heterocycles. The highest BCUT2D eigenvalue weighted by Crippen LogP contribution is 2.24. The summed E-state index contributed by atoms with van der Waals surface area (Å²) in [6.07, 6.45) is 0.693. The third-order valence-corrected chi connectivity index (χ3v) is 3.36. The number of alkyl halides is 1. The average Bonchev–Trinajstić information content (AvgIpc) is 2.19. The predicted molar refractivity (Wildman–Crippen MR) is 63.1 cm³/mol. The molecule has 0 aromatic heterocycles. The third kappa shape index (κ3) is 3.16. The van der Waals surface area contributed by atoms with Crippen LogP contribution in [0.15, 0.2) is 18.2 Å². The van der Waals surface area contributed by atoms with Crippen molar-refractivity contribution in [2.75, 3.05) is 5.33 Å². The molecule has 74 valence electrons. The van der Waals surface area contributed by atoms with Crippen LogP contribution in [0.2, 0.25) is 10.0 Å². The SMILES string of the molecule is N#CC(CBr)Cc1ccc(Cl)c(Cl)c1. The monoisotopic (exact) mass is 291 g/mol. The molecule has 0 N–H and O–H groups in total. The summed E-state index contributed by atoms with van der Waals surface area (Å²) in [5.74, 6) is -0.0211. The number of halogens is 3. The Bertz CT molecular complexity index is 360. The van der Waals surface area contributed by atoms with Gasteiger partial charge in [0.1, 0.15) is 0 Å². The van der Waals surface area contributed by atoms with Crippen molar-refractivity contribution in [3.63, 3.8) is 0 Å². The van der Waals surface area contributed by atoms with Gasteiger partial charge in [0.05, 0.1) is 22.0 Å². The van der Waals surface area contributed by atoms with Crippen LogP contribution in [0.4, 0.5) is 0 Å². The van der Waals surface area contributed by atoms with E-state index in [0.717, 1.165) is 5.56 Å². The van der Waals surface area contributed by atoms with Crippen molar-refractivity contribution in [2.24, 2.45) is 5.92 Å². The molecule has 1 aromatic rings. The van der Waals surface area contributed by atoms with Gasteiger partial charge in [0.15, 0.2) is 0 Å². The standard InChI is InChI=1S/C10H8BrCl2N/c11-5-8(6-14)3-7-1-2-9(12)10(13)4-7/h1-2,4,8H,3,5H2. The number of rotatable bonds is 3. The molecule has 0 aliphatic carbocycles. The maximum atomic E-state index is 8.77. The Hall–Kier alpha value is -0.230. The molecule has 1 aromatic carbocycles. The molecule has 0 heterocycles. The molecule has 1 nitrogen and oxygen atoms in total. The van der Waals surface area contributed by atoms with Crippen molar-refractivity contribution < 1.29 is 0 Å². The fourth-order valence-electron chi connectivity index (χ4n) is 1.09. The van der Waals surface area contributed by atoms with Gasteiger partial charge in [0.25, 0.3) is 0 Å². The summed E-state index contributed by atoms with van der Waals surface area (Å²) in [6.45, 7) is 0. The Balaban J connectivity index is 2.78. The lowest BCUT2D eigenvalue weighted by Gasteiger charge is -2.05. The lowest BCUT2D eigenvalue weighted by molar-refractivity contribution is 0.756. The Labute approximate surface area is 102 Å². The molecule has 0 spiro atoms. The van der Waals surface area contributed by atoms with E-state index in [1.54, 1.807) is 12.1 Å². The first-order chi connectivity index (χ1) is 6.67. The Kier molecular flexibility index (Phi) is 4.74. The smallest absolute Gasteiger partial charge is 0.0668 e. The highest BCUT2D eigenvalue weighted by Gasteiger charge is 2.07. The van der Waals surface area contributed by atoms with Gasteiger partial charge >= 0.3 is 0 Å². The number of nitrogens with zero attached hydrogens (tertiary/aromatic N) is 1. The zero-order chi connectivity index (χ0) is 10.6. The summed E-state index contributed by atoms with van der Waals surface area (Å²) in [5, 5.41) is 10.5. The fraction of sp³-hybridized carbons (Fsp3) is 0.300. The van der Waals surface area contributed by atoms with Crippen LogP contribution in [0.1, 0.15) is 5.56 Å². The molecule has 0 bridgehead atoms. The third-order valence-electron chi connectivity index (χ3n) is 1.83. The van der Waals surface area contributed by atoms with Gasteiger partial charge in [-0.05, 0) is 24.1 Å². The Morgan fingerprint density at radius 3 is 2.57 bits per heavy atom. The van der Waals surface area contributed by atoms with E-state index < -0.39 is 0 Å². The van der Waals surface area contributed by atoms with Crippen molar-refractivity contribution >= 4 is 39.1 Å². The minimum Gasteiger partial charge on any atom is -0.198 e. The molecule has 0 fully saturated rings. The largest absolute Gasteiger partial charge is 0.198 e. The molecule has 1 unspecified atom stereocenters. The van der Waals surface area contributed by atoms with Crippen LogP contribution in [0.3, 0.4) is 0 Å². The second kappa shape index (κ2) is 5.60. The summed E-state index contributed by atoms with van der Waals surface area (Å²) in [6, 6.07) is 7.66. The molecule has 0 radical (unpaired) electrons. The first kappa shape index (κ1) is 11.8. The van der Waals surface area contributed by atoms with Crippen LogP contribution in [-0.2, 0) is 6.42 Å². The second-order valence-corrected chi connectivity index (χ2v) is 4.39. The van der Waals surface area contributed by atoms with Gasteiger partial charge < -0.3 is 0 Å². The second-order valence-electron chi connectivity index (χ2n) is 2.93.